The molecule has 6 rings (SSSR count). The molecule has 1 aromatic heterocycles. The van der Waals surface area contributed by atoms with E-state index in [-0.39, 0.29) is 0 Å². The molecule has 0 unspecified atom stereocenters. The molecular weight excluding hydrogens is 401 g/mol. The molecule has 0 bridgehead atoms. The molecule has 0 saturated heterocycles. The Kier molecular flexibility index (Phi) is 3.64. The van der Waals surface area contributed by atoms with Crippen LogP contribution < -0.4 is 15.9 Å². The zero-order valence-corrected chi connectivity index (χ0v) is 17.2. The van der Waals surface area contributed by atoms with Crippen molar-refractivity contribution in [2.75, 3.05) is 0 Å². The summed E-state index contributed by atoms with van der Waals surface area (Å²) in [5, 5.41) is 2.93. The highest BCUT2D eigenvalue weighted by molar-refractivity contribution is 8.05. The molecule has 3 aromatic carbocycles. The van der Waals surface area contributed by atoms with Crippen molar-refractivity contribution in [1.29, 1.82) is 0 Å². The van der Waals surface area contributed by atoms with Crippen LogP contribution in [0.1, 0.15) is 0 Å². The first kappa shape index (κ1) is 16.7. The van der Waals surface area contributed by atoms with Crippen LogP contribution in [0.4, 0.5) is 0 Å². The van der Waals surface area contributed by atoms with E-state index in [0.717, 1.165) is 46.8 Å². The topological polar surface area (TPSA) is 30.0 Å². The Morgan fingerprint density at radius 1 is 0.679 bits per heavy atom. The van der Waals surface area contributed by atoms with Crippen molar-refractivity contribution >= 4 is 46.6 Å². The SMILES string of the molecule is O=P12c3ccccc3Sc3cc(-c4ccccn4)cc(c31)Sc1ccccc12. The summed E-state index contributed by atoms with van der Waals surface area (Å²) in [7, 11) is -2.89. The zero-order valence-electron chi connectivity index (χ0n) is 14.7. The Morgan fingerprint density at radius 2 is 1.25 bits per heavy atom. The first-order valence-corrected chi connectivity index (χ1v) is 12.3. The minimum Gasteiger partial charge on any atom is -0.308 e. The average molecular weight is 415 g/mol. The number of benzene rings is 3. The van der Waals surface area contributed by atoms with E-state index < -0.39 is 7.14 Å². The molecule has 0 saturated carbocycles. The van der Waals surface area contributed by atoms with Gasteiger partial charge in [-0.1, -0.05) is 53.9 Å². The molecule has 0 fully saturated rings. The Hall–Kier alpha value is -2.26. The van der Waals surface area contributed by atoms with Gasteiger partial charge in [0.15, 0.2) is 7.14 Å². The van der Waals surface area contributed by atoms with E-state index in [1.54, 1.807) is 23.5 Å². The number of hydrogen-bond acceptors (Lipinski definition) is 4. The van der Waals surface area contributed by atoms with Gasteiger partial charge in [0.05, 0.1) is 5.69 Å². The lowest BCUT2D eigenvalue weighted by molar-refractivity contribution is 0.591. The maximum Gasteiger partial charge on any atom is 0.175 e. The van der Waals surface area contributed by atoms with Gasteiger partial charge in [0.1, 0.15) is 0 Å². The third-order valence-corrected chi connectivity index (χ3v) is 11.3. The number of hydrogen-bond donors (Lipinski definition) is 0. The van der Waals surface area contributed by atoms with Gasteiger partial charge < -0.3 is 4.57 Å². The Bertz CT molecular complexity index is 1230. The van der Waals surface area contributed by atoms with Gasteiger partial charge in [-0.05, 0) is 48.5 Å². The second kappa shape index (κ2) is 6.12. The molecule has 2 aliphatic heterocycles. The maximum absolute atomic E-state index is 14.7. The Morgan fingerprint density at radius 3 is 1.82 bits per heavy atom. The van der Waals surface area contributed by atoms with Crippen LogP contribution in [-0.4, -0.2) is 4.98 Å². The number of nitrogens with zero attached hydrogens (tertiary/aromatic N) is 1. The van der Waals surface area contributed by atoms with Crippen molar-refractivity contribution in [3.8, 4) is 11.3 Å². The van der Waals surface area contributed by atoms with Gasteiger partial charge in [0, 0.05) is 47.3 Å². The Labute approximate surface area is 171 Å². The minimum absolute atomic E-state index is 0.940. The average Bonchev–Trinajstić information content (AvgIpc) is 2.74. The van der Waals surface area contributed by atoms with Crippen LogP contribution in [0.15, 0.2) is 105 Å². The first-order valence-electron chi connectivity index (χ1n) is 9.00. The lowest BCUT2D eigenvalue weighted by atomic mass is 10.1. The molecule has 0 spiro atoms. The summed E-state index contributed by atoms with van der Waals surface area (Å²) in [6.07, 6.45) is 1.82. The van der Waals surface area contributed by atoms with E-state index >= 15 is 0 Å². The lowest BCUT2D eigenvalue weighted by Gasteiger charge is -2.34. The summed E-state index contributed by atoms with van der Waals surface area (Å²) < 4.78 is 14.7. The fraction of sp³-hybridized carbons (Fsp3) is 0. The summed E-state index contributed by atoms with van der Waals surface area (Å²) >= 11 is 3.44. The predicted octanol–water partition coefficient (Wildman–Crippen LogP) is 5.32. The second-order valence-corrected chi connectivity index (χ2v) is 11.6. The highest BCUT2D eigenvalue weighted by Crippen LogP contribution is 2.59. The summed E-state index contributed by atoms with van der Waals surface area (Å²) in [5.41, 5.74) is 2.01. The quantitative estimate of drug-likeness (QED) is 0.340. The van der Waals surface area contributed by atoms with E-state index in [9.17, 15) is 4.57 Å². The number of pyridine rings is 1. The van der Waals surface area contributed by atoms with Crippen LogP contribution in [0.5, 0.6) is 0 Å². The van der Waals surface area contributed by atoms with E-state index in [1.165, 1.54) is 0 Å². The van der Waals surface area contributed by atoms with Crippen molar-refractivity contribution in [1.82, 2.24) is 4.98 Å². The van der Waals surface area contributed by atoms with Gasteiger partial charge in [-0.2, -0.15) is 0 Å². The Balaban J connectivity index is 1.70. The summed E-state index contributed by atoms with van der Waals surface area (Å²) in [5.74, 6) is 0. The second-order valence-electron chi connectivity index (χ2n) is 6.78. The van der Waals surface area contributed by atoms with Crippen LogP contribution in [0, 0.1) is 0 Å². The zero-order chi connectivity index (χ0) is 18.7. The van der Waals surface area contributed by atoms with Crippen LogP contribution >= 0.6 is 30.7 Å². The molecule has 4 aromatic rings. The highest BCUT2D eigenvalue weighted by Gasteiger charge is 2.44. The summed E-state index contributed by atoms with van der Waals surface area (Å²) in [6.45, 7) is 0. The van der Waals surface area contributed by atoms with Crippen molar-refractivity contribution < 1.29 is 4.57 Å². The van der Waals surface area contributed by atoms with Gasteiger partial charge in [0.2, 0.25) is 0 Å². The van der Waals surface area contributed by atoms with Crippen LogP contribution in [0.2, 0.25) is 0 Å². The molecule has 3 heterocycles. The van der Waals surface area contributed by atoms with E-state index in [2.05, 4.69) is 29.2 Å². The molecule has 0 N–H and O–H groups in total. The molecule has 0 radical (unpaired) electrons. The molecule has 2 nitrogen and oxygen atoms in total. The van der Waals surface area contributed by atoms with Crippen LogP contribution in [0.25, 0.3) is 11.3 Å². The summed E-state index contributed by atoms with van der Waals surface area (Å²) in [4.78, 5) is 8.87. The standard InChI is InChI=1S/C23H14NOPS2/c25-26-17-8-1-3-10-19(17)27-21-13-15(16-7-5-6-12-24-16)14-22(23(21)26)28-20-11-4-2-9-18(20)26/h1-14H. The monoisotopic (exact) mass is 415 g/mol. The number of rotatable bonds is 1. The smallest absolute Gasteiger partial charge is 0.175 e. The van der Waals surface area contributed by atoms with Gasteiger partial charge in [0.25, 0.3) is 0 Å². The van der Waals surface area contributed by atoms with Gasteiger partial charge in [-0.25, -0.2) is 0 Å². The molecule has 0 amide bonds. The molecule has 2 aliphatic rings. The van der Waals surface area contributed by atoms with Crippen LogP contribution in [0.3, 0.4) is 0 Å². The fourth-order valence-electron chi connectivity index (χ4n) is 3.94. The maximum atomic E-state index is 14.7. The predicted molar refractivity (Wildman–Crippen MR) is 117 cm³/mol. The highest BCUT2D eigenvalue weighted by atomic mass is 32.2. The molecule has 5 heteroatoms. The minimum atomic E-state index is -2.89. The van der Waals surface area contributed by atoms with Crippen molar-refractivity contribution in [2.45, 2.75) is 19.6 Å². The van der Waals surface area contributed by atoms with E-state index in [4.69, 9.17) is 0 Å². The van der Waals surface area contributed by atoms with Crippen molar-refractivity contribution in [3.05, 3.63) is 85.1 Å². The van der Waals surface area contributed by atoms with Crippen molar-refractivity contribution in [2.24, 2.45) is 0 Å². The molecule has 0 atom stereocenters. The first-order chi connectivity index (χ1) is 13.7. The normalized spacial score (nSPS) is 15.3. The van der Waals surface area contributed by atoms with Crippen molar-refractivity contribution in [3.63, 3.8) is 0 Å². The third kappa shape index (κ3) is 2.26. The van der Waals surface area contributed by atoms with Gasteiger partial charge >= 0.3 is 0 Å². The fourth-order valence-corrected chi connectivity index (χ4v) is 10.8. The molecule has 28 heavy (non-hydrogen) atoms. The third-order valence-electron chi connectivity index (χ3n) is 5.16. The van der Waals surface area contributed by atoms with Gasteiger partial charge in [-0.15, -0.1) is 0 Å². The lowest BCUT2D eigenvalue weighted by Crippen LogP contribution is -2.34. The summed E-state index contributed by atoms with van der Waals surface area (Å²) in [6, 6.07) is 26.5. The number of fused-ring (bicyclic) bond motifs is 4. The number of aromatic nitrogens is 1. The molecule has 134 valence electrons. The van der Waals surface area contributed by atoms with E-state index in [1.807, 2.05) is 60.8 Å². The molecular formula is C23H14NOPS2. The largest absolute Gasteiger partial charge is 0.308 e. The molecule has 0 aliphatic carbocycles. The van der Waals surface area contributed by atoms with Gasteiger partial charge in [-0.3, -0.25) is 4.98 Å². The van der Waals surface area contributed by atoms with Crippen LogP contribution in [-0.2, 0) is 4.57 Å². The van der Waals surface area contributed by atoms with E-state index in [0.29, 0.717) is 0 Å².